The smallest absolute Gasteiger partial charge is 0.331 e. The maximum atomic E-state index is 11.3. The first kappa shape index (κ1) is 17.1. The summed E-state index contributed by atoms with van der Waals surface area (Å²) in [6.07, 6.45) is 1.14. The van der Waals surface area contributed by atoms with Crippen molar-refractivity contribution in [1.82, 2.24) is 5.32 Å². The number of hydrogen-bond donors (Lipinski definition) is 2. The van der Waals surface area contributed by atoms with Crippen molar-refractivity contribution in [2.75, 3.05) is 0 Å². The van der Waals surface area contributed by atoms with Crippen molar-refractivity contribution in [2.24, 2.45) is 5.92 Å². The van der Waals surface area contributed by atoms with Crippen LogP contribution in [0.2, 0.25) is 0 Å². The molecule has 0 aliphatic heterocycles. The Balaban J connectivity index is 5.13. The molecular formula is C11H21NO5S. The molecule has 2 atom stereocenters. The summed E-state index contributed by atoms with van der Waals surface area (Å²) in [5, 5.41) is 1.46. The Labute approximate surface area is 108 Å². The molecule has 0 spiro atoms. The average Bonchev–Trinajstić information content (AvgIpc) is 2.23. The van der Waals surface area contributed by atoms with Gasteiger partial charge in [0, 0.05) is 12.0 Å². The van der Waals surface area contributed by atoms with E-state index in [2.05, 4.69) is 11.9 Å². The average molecular weight is 279 g/mol. The molecule has 0 saturated heterocycles. The Hall–Kier alpha value is -0.920. The lowest BCUT2D eigenvalue weighted by Crippen LogP contribution is -2.56. The van der Waals surface area contributed by atoms with Crippen LogP contribution in [0.1, 0.15) is 34.1 Å². The fourth-order valence-electron chi connectivity index (χ4n) is 1.27. The van der Waals surface area contributed by atoms with Crippen molar-refractivity contribution < 1.29 is 22.5 Å². The van der Waals surface area contributed by atoms with Crippen molar-refractivity contribution >= 4 is 16.1 Å². The minimum absolute atomic E-state index is 0.146. The summed E-state index contributed by atoms with van der Waals surface area (Å²) in [6, 6.07) is 0. The van der Waals surface area contributed by atoms with E-state index in [-0.39, 0.29) is 12.3 Å². The fourth-order valence-corrected chi connectivity index (χ4v) is 2.08. The highest BCUT2D eigenvalue weighted by Crippen LogP contribution is 2.21. The zero-order chi connectivity index (χ0) is 14.6. The van der Waals surface area contributed by atoms with E-state index in [0.717, 1.165) is 6.08 Å². The minimum Gasteiger partial charge on any atom is -0.441 e. The summed E-state index contributed by atoms with van der Waals surface area (Å²) in [7, 11) is -4.25. The molecule has 0 fully saturated rings. The predicted octanol–water partition coefficient (Wildman–Crippen LogP) is 1.30. The Morgan fingerprint density at radius 3 is 2.33 bits per heavy atom. The van der Waals surface area contributed by atoms with Crippen LogP contribution in [-0.2, 0) is 19.6 Å². The molecule has 0 amide bonds. The van der Waals surface area contributed by atoms with E-state index in [1.54, 1.807) is 27.7 Å². The maximum absolute atomic E-state index is 11.3. The highest BCUT2D eigenvalue weighted by atomic mass is 32.2. The van der Waals surface area contributed by atoms with Crippen LogP contribution < -0.4 is 5.32 Å². The number of nitrogens with one attached hydrogen (secondary N) is 1. The lowest BCUT2D eigenvalue weighted by molar-refractivity contribution is -0.161. The first-order valence-electron chi connectivity index (χ1n) is 5.66. The molecule has 18 heavy (non-hydrogen) atoms. The molecule has 0 saturated carbocycles. The van der Waals surface area contributed by atoms with Gasteiger partial charge < -0.3 is 4.74 Å². The first-order valence-corrected chi connectivity index (χ1v) is 7.16. The van der Waals surface area contributed by atoms with Gasteiger partial charge >= 0.3 is 5.97 Å². The quantitative estimate of drug-likeness (QED) is 0.316. The van der Waals surface area contributed by atoms with Crippen molar-refractivity contribution in [3.63, 3.8) is 0 Å². The van der Waals surface area contributed by atoms with Crippen molar-refractivity contribution in [3.8, 4) is 0 Å². The molecular weight excluding hydrogens is 258 g/mol. The third-order valence-corrected chi connectivity index (χ3v) is 3.93. The van der Waals surface area contributed by atoms with Crippen molar-refractivity contribution in [1.29, 1.82) is 0 Å². The Morgan fingerprint density at radius 2 is 2.06 bits per heavy atom. The number of esters is 1. The molecule has 0 rings (SSSR count). The Kier molecular flexibility index (Phi) is 5.98. The van der Waals surface area contributed by atoms with Crippen LogP contribution in [0.25, 0.3) is 0 Å². The number of carbonyl (C=O) groups is 1. The van der Waals surface area contributed by atoms with Crippen LogP contribution in [0.5, 0.6) is 0 Å². The molecule has 2 unspecified atom stereocenters. The van der Waals surface area contributed by atoms with Gasteiger partial charge in [0.15, 0.2) is 5.72 Å². The predicted molar refractivity (Wildman–Crippen MR) is 68.3 cm³/mol. The number of hydrogen-bond acceptors (Lipinski definition) is 5. The van der Waals surface area contributed by atoms with Crippen LogP contribution >= 0.6 is 0 Å². The van der Waals surface area contributed by atoms with Crippen molar-refractivity contribution in [2.45, 2.75) is 45.2 Å². The molecule has 0 radical (unpaired) electrons. The van der Waals surface area contributed by atoms with Crippen LogP contribution in [0.3, 0.4) is 0 Å². The van der Waals surface area contributed by atoms with Gasteiger partial charge in [-0.15, -0.1) is 0 Å². The standard InChI is InChI=1S/C11H21NO5S/c1-6-9(18(14,15)16)12-11(5,8(3)4)17-10(13)7-2/h7-9,12H,2,6H2,1,3-5H3,(H,14,15,16). The fraction of sp³-hybridized carbons (Fsp3) is 0.727. The summed E-state index contributed by atoms with van der Waals surface area (Å²) < 4.78 is 36.5. The number of rotatable bonds is 7. The second kappa shape index (κ2) is 6.31. The highest BCUT2D eigenvalue weighted by Gasteiger charge is 2.37. The number of ether oxygens (including phenoxy) is 1. The van der Waals surface area contributed by atoms with Crippen LogP contribution in [-0.4, -0.2) is 30.0 Å². The van der Waals surface area contributed by atoms with E-state index in [4.69, 9.17) is 9.29 Å². The van der Waals surface area contributed by atoms with Gasteiger partial charge in [0.05, 0.1) is 0 Å². The van der Waals surface area contributed by atoms with Gasteiger partial charge in [0.2, 0.25) is 0 Å². The van der Waals surface area contributed by atoms with Gasteiger partial charge in [0.1, 0.15) is 5.37 Å². The van der Waals surface area contributed by atoms with Gasteiger partial charge in [-0.3, -0.25) is 9.87 Å². The van der Waals surface area contributed by atoms with Crippen molar-refractivity contribution in [3.05, 3.63) is 12.7 Å². The number of carbonyl (C=O) groups excluding carboxylic acids is 1. The minimum atomic E-state index is -4.25. The van der Waals surface area contributed by atoms with E-state index in [1.165, 1.54) is 0 Å². The second-order valence-electron chi connectivity index (χ2n) is 4.44. The summed E-state index contributed by atoms with van der Waals surface area (Å²) >= 11 is 0. The first-order chi connectivity index (χ1) is 8.06. The third kappa shape index (κ3) is 4.75. The highest BCUT2D eigenvalue weighted by molar-refractivity contribution is 7.86. The SMILES string of the molecule is C=CC(=O)OC(C)(NC(CC)S(=O)(=O)O)C(C)C. The van der Waals surface area contributed by atoms with Gasteiger partial charge in [-0.2, -0.15) is 8.42 Å². The molecule has 0 aromatic heterocycles. The molecule has 0 heterocycles. The maximum Gasteiger partial charge on any atom is 0.331 e. The second-order valence-corrected chi connectivity index (χ2v) is 6.04. The largest absolute Gasteiger partial charge is 0.441 e. The zero-order valence-electron chi connectivity index (χ0n) is 11.1. The van der Waals surface area contributed by atoms with Crippen LogP contribution in [0, 0.1) is 5.92 Å². The summed E-state index contributed by atoms with van der Waals surface area (Å²) in [6.45, 7) is 9.96. The summed E-state index contributed by atoms with van der Waals surface area (Å²) in [5.74, 6) is -0.860. The molecule has 0 aliphatic rings. The lowest BCUT2D eigenvalue weighted by atomic mass is 10.0. The zero-order valence-corrected chi connectivity index (χ0v) is 12.0. The Bertz CT molecular complexity index is 404. The van der Waals surface area contributed by atoms with Gasteiger partial charge in [-0.05, 0) is 13.3 Å². The molecule has 0 aromatic rings. The van der Waals surface area contributed by atoms with Crippen LogP contribution in [0.15, 0.2) is 12.7 Å². The van der Waals surface area contributed by atoms with E-state index in [1.807, 2.05) is 0 Å². The molecule has 0 bridgehead atoms. The summed E-state index contributed by atoms with van der Waals surface area (Å²) in [5.41, 5.74) is -1.21. The van der Waals surface area contributed by atoms with Crippen LogP contribution in [0.4, 0.5) is 0 Å². The third-order valence-electron chi connectivity index (χ3n) is 2.76. The Morgan fingerprint density at radius 1 is 1.56 bits per heavy atom. The molecule has 2 N–H and O–H groups in total. The molecule has 6 nitrogen and oxygen atoms in total. The van der Waals surface area contributed by atoms with Gasteiger partial charge in [-0.25, -0.2) is 4.79 Å². The topological polar surface area (TPSA) is 92.7 Å². The van der Waals surface area contributed by atoms with E-state index in [9.17, 15) is 13.2 Å². The van der Waals surface area contributed by atoms with E-state index < -0.39 is 27.2 Å². The molecule has 106 valence electrons. The normalized spacial score (nSPS) is 17.0. The molecule has 0 aromatic carbocycles. The van der Waals surface area contributed by atoms with Gasteiger partial charge in [-0.1, -0.05) is 27.4 Å². The molecule has 0 aliphatic carbocycles. The lowest BCUT2D eigenvalue weighted by Gasteiger charge is -2.36. The van der Waals surface area contributed by atoms with E-state index in [0.29, 0.717) is 0 Å². The van der Waals surface area contributed by atoms with Gasteiger partial charge in [0.25, 0.3) is 10.1 Å². The summed E-state index contributed by atoms with van der Waals surface area (Å²) in [4.78, 5) is 11.3. The molecule has 7 heteroatoms. The van der Waals surface area contributed by atoms with E-state index >= 15 is 0 Å². The monoisotopic (exact) mass is 279 g/mol.